The molecule has 1 N–H and O–H groups in total. The number of pyridine rings is 1. The Morgan fingerprint density at radius 3 is 2.68 bits per heavy atom. The van der Waals surface area contributed by atoms with Crippen molar-refractivity contribution >= 4 is 0 Å². The van der Waals surface area contributed by atoms with Crippen molar-refractivity contribution in [3.63, 3.8) is 0 Å². The van der Waals surface area contributed by atoms with Gasteiger partial charge in [-0.1, -0.05) is 19.9 Å². The number of nitrogens with zero attached hydrogens (tertiary/aromatic N) is 2. The third-order valence-electron chi connectivity index (χ3n) is 3.89. The number of hydrogen-bond acceptors (Lipinski definition) is 3. The van der Waals surface area contributed by atoms with Crippen molar-refractivity contribution in [2.75, 3.05) is 13.6 Å². The van der Waals surface area contributed by atoms with Crippen molar-refractivity contribution in [3.8, 4) is 0 Å². The second kappa shape index (κ2) is 6.49. The van der Waals surface area contributed by atoms with E-state index >= 15 is 0 Å². The van der Waals surface area contributed by atoms with Gasteiger partial charge in [-0.25, -0.2) is 0 Å². The molecule has 1 saturated carbocycles. The molecule has 1 aromatic rings. The molecule has 0 aromatic carbocycles. The highest BCUT2D eigenvalue weighted by atomic mass is 15.2. The first-order chi connectivity index (χ1) is 9.06. The van der Waals surface area contributed by atoms with Gasteiger partial charge in [0.2, 0.25) is 0 Å². The molecule has 19 heavy (non-hydrogen) atoms. The lowest BCUT2D eigenvalue weighted by atomic mass is 10.0. The average molecular weight is 261 g/mol. The monoisotopic (exact) mass is 261 g/mol. The first kappa shape index (κ1) is 14.5. The summed E-state index contributed by atoms with van der Waals surface area (Å²) in [6.45, 7) is 8.68. The average Bonchev–Trinajstić information content (AvgIpc) is 3.12. The Kier molecular flexibility index (Phi) is 4.94. The van der Waals surface area contributed by atoms with E-state index in [1.807, 2.05) is 0 Å². The normalized spacial score (nSPS) is 17.2. The van der Waals surface area contributed by atoms with Gasteiger partial charge in [-0.2, -0.15) is 0 Å². The fourth-order valence-corrected chi connectivity index (χ4v) is 2.54. The zero-order valence-electron chi connectivity index (χ0n) is 12.7. The predicted octanol–water partition coefficient (Wildman–Crippen LogP) is 2.60. The second-order valence-electron chi connectivity index (χ2n) is 6.18. The summed E-state index contributed by atoms with van der Waals surface area (Å²) < 4.78 is 0. The molecule has 1 unspecified atom stereocenters. The van der Waals surface area contributed by atoms with Crippen molar-refractivity contribution in [2.24, 2.45) is 5.92 Å². The van der Waals surface area contributed by atoms with E-state index in [2.05, 4.69) is 61.2 Å². The molecule has 1 heterocycles. The number of likely N-dealkylation sites (N-methyl/N-ethyl adjacent to an activating group) is 1. The third kappa shape index (κ3) is 4.59. The summed E-state index contributed by atoms with van der Waals surface area (Å²) in [7, 11) is 2.21. The number of hydrogen-bond donors (Lipinski definition) is 1. The van der Waals surface area contributed by atoms with Crippen molar-refractivity contribution in [3.05, 3.63) is 29.6 Å². The summed E-state index contributed by atoms with van der Waals surface area (Å²) in [6, 6.07) is 7.63. The molecule has 1 aliphatic rings. The molecule has 0 amide bonds. The highest BCUT2D eigenvalue weighted by Crippen LogP contribution is 2.20. The zero-order chi connectivity index (χ0) is 13.8. The molecule has 106 valence electrons. The predicted molar refractivity (Wildman–Crippen MR) is 80.1 cm³/mol. The molecular weight excluding hydrogens is 234 g/mol. The number of aryl methyl sites for hydroxylation is 1. The summed E-state index contributed by atoms with van der Waals surface area (Å²) in [5.41, 5.74) is 2.27. The lowest BCUT2D eigenvalue weighted by Crippen LogP contribution is -2.43. The fourth-order valence-electron chi connectivity index (χ4n) is 2.54. The molecule has 0 spiro atoms. The maximum absolute atomic E-state index is 4.60. The van der Waals surface area contributed by atoms with Gasteiger partial charge in [-0.05, 0) is 44.9 Å². The summed E-state index contributed by atoms with van der Waals surface area (Å²) in [6.07, 6.45) is 2.71. The molecular formula is C16H27N3. The van der Waals surface area contributed by atoms with Gasteiger partial charge < -0.3 is 5.32 Å². The van der Waals surface area contributed by atoms with E-state index in [-0.39, 0.29) is 0 Å². The van der Waals surface area contributed by atoms with E-state index in [1.165, 1.54) is 18.5 Å². The summed E-state index contributed by atoms with van der Waals surface area (Å²) in [5.74, 6) is 0.654. The molecule has 3 heteroatoms. The number of rotatable bonds is 7. The van der Waals surface area contributed by atoms with Gasteiger partial charge in [0, 0.05) is 30.9 Å². The van der Waals surface area contributed by atoms with Crippen molar-refractivity contribution in [1.82, 2.24) is 15.2 Å². The maximum Gasteiger partial charge on any atom is 0.0547 e. The van der Waals surface area contributed by atoms with Crippen LogP contribution in [-0.2, 0) is 6.54 Å². The van der Waals surface area contributed by atoms with Gasteiger partial charge in [-0.15, -0.1) is 0 Å². The third-order valence-corrected chi connectivity index (χ3v) is 3.89. The SMILES string of the molecule is Cc1cccc(CN(C)C(CNC2CC2)C(C)C)n1. The molecule has 1 aliphatic carbocycles. The van der Waals surface area contributed by atoms with Crippen LogP contribution in [0.3, 0.4) is 0 Å². The summed E-state index contributed by atoms with van der Waals surface area (Å²) in [5, 5.41) is 3.65. The molecule has 0 aliphatic heterocycles. The van der Waals surface area contributed by atoms with Crippen LogP contribution >= 0.6 is 0 Å². The standard InChI is InChI=1S/C16H27N3/c1-12(2)16(10-17-14-8-9-14)19(4)11-15-7-5-6-13(3)18-15/h5-7,12,14,16-17H,8-11H2,1-4H3. The van der Waals surface area contributed by atoms with Crippen LogP contribution in [0.15, 0.2) is 18.2 Å². The quantitative estimate of drug-likeness (QED) is 0.818. The fraction of sp³-hybridized carbons (Fsp3) is 0.688. The highest BCUT2D eigenvalue weighted by molar-refractivity contribution is 5.09. The Balaban J connectivity index is 1.91. The van der Waals surface area contributed by atoms with E-state index in [1.54, 1.807) is 0 Å². The molecule has 0 saturated heterocycles. The smallest absolute Gasteiger partial charge is 0.0547 e. The topological polar surface area (TPSA) is 28.2 Å². The van der Waals surface area contributed by atoms with E-state index in [0.717, 1.165) is 24.8 Å². The van der Waals surface area contributed by atoms with Crippen molar-refractivity contribution in [2.45, 2.75) is 52.2 Å². The van der Waals surface area contributed by atoms with Crippen LogP contribution in [0.2, 0.25) is 0 Å². The van der Waals surface area contributed by atoms with Crippen molar-refractivity contribution in [1.29, 1.82) is 0 Å². The molecule has 0 bridgehead atoms. The Hall–Kier alpha value is -0.930. The second-order valence-corrected chi connectivity index (χ2v) is 6.18. The van der Waals surface area contributed by atoms with Gasteiger partial charge >= 0.3 is 0 Å². The molecule has 2 rings (SSSR count). The van der Waals surface area contributed by atoms with E-state index in [0.29, 0.717) is 12.0 Å². The first-order valence-electron chi connectivity index (χ1n) is 7.42. The highest BCUT2D eigenvalue weighted by Gasteiger charge is 2.25. The van der Waals surface area contributed by atoms with Gasteiger partial charge in [0.15, 0.2) is 0 Å². The van der Waals surface area contributed by atoms with Gasteiger partial charge in [0.1, 0.15) is 0 Å². The zero-order valence-corrected chi connectivity index (χ0v) is 12.7. The largest absolute Gasteiger partial charge is 0.312 e. The minimum atomic E-state index is 0.572. The Bertz CT molecular complexity index is 399. The molecule has 1 aromatic heterocycles. The molecule has 0 radical (unpaired) electrons. The molecule has 1 atom stereocenters. The van der Waals surface area contributed by atoms with Crippen LogP contribution in [0, 0.1) is 12.8 Å². The minimum Gasteiger partial charge on any atom is -0.312 e. The van der Waals surface area contributed by atoms with E-state index < -0.39 is 0 Å². The van der Waals surface area contributed by atoms with Crippen LogP contribution in [-0.4, -0.2) is 35.6 Å². The van der Waals surface area contributed by atoms with Crippen LogP contribution in [0.1, 0.15) is 38.1 Å². The summed E-state index contributed by atoms with van der Waals surface area (Å²) >= 11 is 0. The van der Waals surface area contributed by atoms with Crippen LogP contribution < -0.4 is 5.32 Å². The van der Waals surface area contributed by atoms with Crippen LogP contribution in [0.25, 0.3) is 0 Å². The van der Waals surface area contributed by atoms with Crippen LogP contribution in [0.4, 0.5) is 0 Å². The van der Waals surface area contributed by atoms with Crippen molar-refractivity contribution < 1.29 is 0 Å². The van der Waals surface area contributed by atoms with Gasteiger partial charge in [-0.3, -0.25) is 9.88 Å². The van der Waals surface area contributed by atoms with E-state index in [4.69, 9.17) is 0 Å². The maximum atomic E-state index is 4.60. The number of aromatic nitrogens is 1. The van der Waals surface area contributed by atoms with Crippen LogP contribution in [0.5, 0.6) is 0 Å². The Morgan fingerprint density at radius 2 is 2.11 bits per heavy atom. The lowest BCUT2D eigenvalue weighted by molar-refractivity contribution is 0.177. The minimum absolute atomic E-state index is 0.572. The molecule has 3 nitrogen and oxygen atoms in total. The lowest BCUT2D eigenvalue weighted by Gasteiger charge is -2.31. The number of nitrogens with one attached hydrogen (secondary N) is 1. The first-order valence-corrected chi connectivity index (χ1v) is 7.42. The van der Waals surface area contributed by atoms with Gasteiger partial charge in [0.25, 0.3) is 0 Å². The summed E-state index contributed by atoms with van der Waals surface area (Å²) in [4.78, 5) is 7.03. The Morgan fingerprint density at radius 1 is 1.37 bits per heavy atom. The van der Waals surface area contributed by atoms with E-state index in [9.17, 15) is 0 Å². The Labute approximate surface area is 117 Å². The molecule has 1 fully saturated rings. The van der Waals surface area contributed by atoms with Gasteiger partial charge in [0.05, 0.1) is 5.69 Å².